The molecule has 7 heteroatoms. The second kappa shape index (κ2) is 4.54. The largest absolute Gasteiger partial charge is 0.313 e. The van der Waals surface area contributed by atoms with Crippen LogP contribution in [0.15, 0.2) is 18.5 Å². The van der Waals surface area contributed by atoms with E-state index < -0.39 is 17.5 Å². The molecule has 0 saturated heterocycles. The first-order chi connectivity index (χ1) is 8.13. The van der Waals surface area contributed by atoms with E-state index in [0.717, 1.165) is 12.1 Å². The van der Waals surface area contributed by atoms with Crippen LogP contribution in [-0.4, -0.2) is 21.8 Å². The molecule has 0 aliphatic carbocycles. The highest BCUT2D eigenvalue weighted by Gasteiger charge is 2.13. The Morgan fingerprint density at radius 1 is 1.24 bits per heavy atom. The molecule has 4 nitrogen and oxygen atoms in total. The Morgan fingerprint density at radius 3 is 2.47 bits per heavy atom. The molecule has 0 saturated carbocycles. The molecule has 0 aliphatic rings. The van der Waals surface area contributed by atoms with E-state index in [-0.39, 0.29) is 5.69 Å². The third-order valence-electron chi connectivity index (χ3n) is 2.17. The molecule has 0 spiro atoms. The molecule has 0 aliphatic heterocycles. The highest BCUT2D eigenvalue weighted by molar-refractivity contribution is 5.33. The smallest absolute Gasteiger partial charge is 0.194 e. The topological polar surface area (TPSA) is 42.7 Å². The molecule has 17 heavy (non-hydrogen) atoms. The second-order valence-corrected chi connectivity index (χ2v) is 3.34. The predicted octanol–water partition coefficient (Wildman–Crippen LogP) is 1.40. The van der Waals surface area contributed by atoms with Gasteiger partial charge in [-0.25, -0.2) is 22.8 Å². The van der Waals surface area contributed by atoms with Crippen molar-refractivity contribution in [3.63, 3.8) is 0 Å². The first-order valence-corrected chi connectivity index (χ1v) is 4.82. The Morgan fingerprint density at radius 2 is 1.88 bits per heavy atom. The number of halogens is 3. The third kappa shape index (κ3) is 2.14. The highest BCUT2D eigenvalue weighted by Crippen LogP contribution is 2.17. The number of aromatic nitrogens is 3. The summed E-state index contributed by atoms with van der Waals surface area (Å²) in [7, 11) is 1.70. The maximum Gasteiger partial charge on any atom is 0.194 e. The average Bonchev–Trinajstić information content (AvgIpc) is 2.74. The van der Waals surface area contributed by atoms with Crippen LogP contribution in [0, 0.1) is 17.5 Å². The van der Waals surface area contributed by atoms with Gasteiger partial charge in [-0.3, -0.25) is 0 Å². The van der Waals surface area contributed by atoms with Crippen molar-refractivity contribution in [2.24, 2.45) is 0 Å². The number of rotatable bonds is 3. The van der Waals surface area contributed by atoms with Crippen LogP contribution >= 0.6 is 0 Å². The first-order valence-electron chi connectivity index (χ1n) is 4.82. The van der Waals surface area contributed by atoms with Crippen molar-refractivity contribution in [2.75, 3.05) is 7.05 Å². The summed E-state index contributed by atoms with van der Waals surface area (Å²) in [5.41, 5.74) is 0.0872. The Bertz CT molecular complexity index is 515. The van der Waals surface area contributed by atoms with Crippen LogP contribution in [0.25, 0.3) is 5.69 Å². The second-order valence-electron chi connectivity index (χ2n) is 3.34. The molecule has 90 valence electrons. The van der Waals surface area contributed by atoms with Crippen LogP contribution < -0.4 is 5.32 Å². The molecule has 1 aromatic carbocycles. The minimum atomic E-state index is -1.50. The van der Waals surface area contributed by atoms with Gasteiger partial charge in [0.1, 0.15) is 12.2 Å². The summed E-state index contributed by atoms with van der Waals surface area (Å²) in [4.78, 5) is 3.91. The van der Waals surface area contributed by atoms with E-state index >= 15 is 0 Å². The monoisotopic (exact) mass is 242 g/mol. The van der Waals surface area contributed by atoms with Crippen molar-refractivity contribution in [1.29, 1.82) is 0 Å². The zero-order chi connectivity index (χ0) is 12.4. The molecule has 2 aromatic rings. The number of nitrogens with zero attached hydrogens (tertiary/aromatic N) is 3. The first kappa shape index (κ1) is 11.6. The summed E-state index contributed by atoms with van der Waals surface area (Å²) >= 11 is 0. The van der Waals surface area contributed by atoms with Crippen LogP contribution in [0.5, 0.6) is 0 Å². The molecule has 1 N–H and O–H groups in total. The lowest BCUT2D eigenvalue weighted by molar-refractivity contribution is 0.445. The standard InChI is InChI=1S/C10H9F3N4/c1-14-4-9-15-5-16-17(9)6-2-7(11)10(13)8(12)3-6/h2-3,5,14H,4H2,1H3. The summed E-state index contributed by atoms with van der Waals surface area (Å²) in [6, 6.07) is 1.73. The molecule has 0 unspecified atom stereocenters. The van der Waals surface area contributed by atoms with Gasteiger partial charge in [-0.2, -0.15) is 5.10 Å². The molecule has 0 amide bonds. The summed E-state index contributed by atoms with van der Waals surface area (Å²) in [6.45, 7) is 0.376. The Balaban J connectivity index is 2.49. The van der Waals surface area contributed by atoms with Gasteiger partial charge in [-0.05, 0) is 7.05 Å². The number of hydrogen-bond acceptors (Lipinski definition) is 3. The Kier molecular flexibility index (Phi) is 3.10. The SMILES string of the molecule is CNCc1ncnn1-c1cc(F)c(F)c(F)c1. The number of hydrogen-bond donors (Lipinski definition) is 1. The van der Waals surface area contributed by atoms with Gasteiger partial charge >= 0.3 is 0 Å². The van der Waals surface area contributed by atoms with E-state index in [4.69, 9.17) is 0 Å². The van der Waals surface area contributed by atoms with Crippen LogP contribution in [0.4, 0.5) is 13.2 Å². The maximum atomic E-state index is 13.1. The zero-order valence-corrected chi connectivity index (χ0v) is 8.91. The van der Waals surface area contributed by atoms with E-state index in [1.165, 1.54) is 11.0 Å². The van der Waals surface area contributed by atoms with Gasteiger partial charge in [0.25, 0.3) is 0 Å². The minimum Gasteiger partial charge on any atom is -0.313 e. The number of benzene rings is 1. The average molecular weight is 242 g/mol. The Hall–Kier alpha value is -1.89. The lowest BCUT2D eigenvalue weighted by Crippen LogP contribution is -2.12. The van der Waals surface area contributed by atoms with Crippen LogP contribution in [0.1, 0.15) is 5.82 Å². The molecule has 2 rings (SSSR count). The van der Waals surface area contributed by atoms with Crippen LogP contribution in [-0.2, 0) is 6.54 Å². The van der Waals surface area contributed by atoms with Gasteiger partial charge in [0.2, 0.25) is 0 Å². The van der Waals surface area contributed by atoms with E-state index in [9.17, 15) is 13.2 Å². The molecular weight excluding hydrogens is 233 g/mol. The van der Waals surface area contributed by atoms with Crippen molar-refractivity contribution >= 4 is 0 Å². The summed E-state index contributed by atoms with van der Waals surface area (Å²) < 4.78 is 40.1. The fourth-order valence-electron chi connectivity index (χ4n) is 1.42. The normalized spacial score (nSPS) is 10.8. The molecule has 0 radical (unpaired) electrons. The fraction of sp³-hybridized carbons (Fsp3) is 0.200. The summed E-state index contributed by atoms with van der Waals surface area (Å²) in [5.74, 6) is -3.54. The van der Waals surface area contributed by atoms with Gasteiger partial charge in [-0.1, -0.05) is 0 Å². The minimum absolute atomic E-state index is 0.0872. The predicted molar refractivity (Wildman–Crippen MR) is 54.0 cm³/mol. The molecule has 0 bridgehead atoms. The zero-order valence-electron chi connectivity index (χ0n) is 8.91. The molecule has 0 fully saturated rings. The van der Waals surface area contributed by atoms with Crippen LogP contribution in [0.2, 0.25) is 0 Å². The molecule has 0 atom stereocenters. The Labute approximate surface area is 95.1 Å². The highest BCUT2D eigenvalue weighted by atomic mass is 19.2. The quantitative estimate of drug-likeness (QED) is 0.827. The number of nitrogens with one attached hydrogen (secondary N) is 1. The van der Waals surface area contributed by atoms with Crippen molar-refractivity contribution in [3.8, 4) is 5.69 Å². The van der Waals surface area contributed by atoms with Crippen molar-refractivity contribution in [1.82, 2.24) is 20.1 Å². The van der Waals surface area contributed by atoms with E-state index in [1.807, 2.05) is 0 Å². The van der Waals surface area contributed by atoms with Gasteiger partial charge in [0, 0.05) is 12.1 Å². The van der Waals surface area contributed by atoms with E-state index in [1.54, 1.807) is 7.05 Å². The maximum absolute atomic E-state index is 13.1. The van der Waals surface area contributed by atoms with Crippen molar-refractivity contribution in [3.05, 3.63) is 41.7 Å². The van der Waals surface area contributed by atoms with Gasteiger partial charge in [-0.15, -0.1) is 0 Å². The summed E-state index contributed by atoms with van der Waals surface area (Å²) in [5, 5.41) is 6.66. The van der Waals surface area contributed by atoms with Gasteiger partial charge in [0.15, 0.2) is 17.5 Å². The fourth-order valence-corrected chi connectivity index (χ4v) is 1.42. The lowest BCUT2D eigenvalue weighted by Gasteiger charge is -2.06. The summed E-state index contributed by atoms with van der Waals surface area (Å²) in [6.07, 6.45) is 1.26. The van der Waals surface area contributed by atoms with Gasteiger partial charge < -0.3 is 5.32 Å². The van der Waals surface area contributed by atoms with Crippen molar-refractivity contribution < 1.29 is 13.2 Å². The van der Waals surface area contributed by atoms with Crippen molar-refractivity contribution in [2.45, 2.75) is 6.54 Å². The third-order valence-corrected chi connectivity index (χ3v) is 2.17. The van der Waals surface area contributed by atoms with Crippen LogP contribution in [0.3, 0.4) is 0 Å². The van der Waals surface area contributed by atoms with Gasteiger partial charge in [0.05, 0.1) is 12.2 Å². The lowest BCUT2D eigenvalue weighted by atomic mass is 10.3. The molecule has 1 aromatic heterocycles. The van der Waals surface area contributed by atoms with E-state index in [2.05, 4.69) is 15.4 Å². The molecule has 1 heterocycles. The van der Waals surface area contributed by atoms with E-state index in [0.29, 0.717) is 12.4 Å². The molecular formula is C10H9F3N4.